The van der Waals surface area contributed by atoms with Crippen LogP contribution in [0.1, 0.15) is 55.3 Å². The summed E-state index contributed by atoms with van der Waals surface area (Å²) < 4.78 is 9.96. The maximum atomic E-state index is 12.7. The van der Waals surface area contributed by atoms with Gasteiger partial charge in [0.1, 0.15) is 16.5 Å². The van der Waals surface area contributed by atoms with Crippen molar-refractivity contribution in [2.45, 2.75) is 58.6 Å². The van der Waals surface area contributed by atoms with Gasteiger partial charge in [-0.15, -0.1) is 11.3 Å². The quantitative estimate of drug-likeness (QED) is 0.247. The molecule has 0 aliphatic heterocycles. The highest BCUT2D eigenvalue weighted by molar-refractivity contribution is 9.09. The van der Waals surface area contributed by atoms with E-state index < -0.39 is 29.6 Å². The van der Waals surface area contributed by atoms with Crippen LogP contribution >= 0.6 is 27.3 Å². The van der Waals surface area contributed by atoms with Crippen molar-refractivity contribution >= 4 is 56.8 Å². The van der Waals surface area contributed by atoms with Crippen LogP contribution in [0.5, 0.6) is 0 Å². The molecule has 0 aliphatic carbocycles. The van der Waals surface area contributed by atoms with Gasteiger partial charge in [0, 0.05) is 6.54 Å². The SMILES string of the molecule is COC(=O)[C@@H](CCCCNC(=O)OC(C)(C)C)NC(=O)c1scc(C)c1NC(=O)CBr. The zero-order valence-corrected chi connectivity index (χ0v) is 20.8. The van der Waals surface area contributed by atoms with Crippen LogP contribution in [0, 0.1) is 6.92 Å². The molecule has 1 rings (SSSR count). The van der Waals surface area contributed by atoms with E-state index >= 15 is 0 Å². The van der Waals surface area contributed by atoms with E-state index in [1.165, 1.54) is 18.4 Å². The van der Waals surface area contributed by atoms with Crippen molar-refractivity contribution in [3.05, 3.63) is 15.8 Å². The topological polar surface area (TPSA) is 123 Å². The van der Waals surface area contributed by atoms with Gasteiger partial charge >= 0.3 is 12.1 Å². The third-order valence-corrected chi connectivity index (χ3v) is 5.55. The number of ether oxygens (including phenoxy) is 2. The number of esters is 1. The molecule has 0 aliphatic rings. The summed E-state index contributed by atoms with van der Waals surface area (Å²) >= 11 is 4.26. The summed E-state index contributed by atoms with van der Waals surface area (Å²) in [4.78, 5) is 48.5. The number of anilines is 1. The monoisotopic (exact) mass is 519 g/mol. The van der Waals surface area contributed by atoms with Crippen LogP contribution in [0.3, 0.4) is 0 Å². The number of hydrogen-bond acceptors (Lipinski definition) is 7. The van der Waals surface area contributed by atoms with Gasteiger partial charge < -0.3 is 25.4 Å². The van der Waals surface area contributed by atoms with E-state index in [4.69, 9.17) is 9.47 Å². The Hall–Kier alpha value is -2.14. The van der Waals surface area contributed by atoms with Crippen molar-refractivity contribution in [3.63, 3.8) is 0 Å². The molecule has 1 aromatic rings. The molecule has 3 amide bonds. The first kappa shape index (κ1) is 26.9. The molecule has 0 unspecified atom stereocenters. The Balaban J connectivity index is 2.64. The number of halogens is 1. The molecule has 1 heterocycles. The number of hydrogen-bond donors (Lipinski definition) is 3. The van der Waals surface area contributed by atoms with Gasteiger partial charge in [0.25, 0.3) is 5.91 Å². The van der Waals surface area contributed by atoms with E-state index in [0.717, 1.165) is 5.56 Å². The number of methoxy groups -OCH3 is 1. The van der Waals surface area contributed by atoms with E-state index in [2.05, 4.69) is 31.9 Å². The highest BCUT2D eigenvalue weighted by atomic mass is 79.9. The maximum Gasteiger partial charge on any atom is 0.407 e. The molecule has 0 fully saturated rings. The summed E-state index contributed by atoms with van der Waals surface area (Å²) in [6, 6.07) is -0.846. The number of alkyl halides is 1. The maximum absolute atomic E-state index is 12.7. The highest BCUT2D eigenvalue weighted by Gasteiger charge is 2.25. The minimum atomic E-state index is -0.846. The van der Waals surface area contributed by atoms with Crippen LogP contribution in [0.15, 0.2) is 5.38 Å². The molecule has 0 spiro atoms. The number of aryl methyl sites for hydroxylation is 1. The predicted molar refractivity (Wildman–Crippen MR) is 123 cm³/mol. The number of alkyl carbamates (subject to hydrolysis) is 1. The number of rotatable bonds is 10. The van der Waals surface area contributed by atoms with Crippen LogP contribution in [-0.4, -0.2) is 54.5 Å². The summed E-state index contributed by atoms with van der Waals surface area (Å²) in [5, 5.41) is 9.88. The largest absolute Gasteiger partial charge is 0.467 e. The lowest BCUT2D eigenvalue weighted by Gasteiger charge is -2.20. The molecule has 1 aromatic heterocycles. The van der Waals surface area contributed by atoms with Gasteiger partial charge in [0.15, 0.2) is 0 Å². The van der Waals surface area contributed by atoms with Crippen LogP contribution in [0.25, 0.3) is 0 Å². The second kappa shape index (κ2) is 12.7. The van der Waals surface area contributed by atoms with Crippen LogP contribution in [-0.2, 0) is 19.1 Å². The molecule has 0 saturated carbocycles. The fourth-order valence-corrected chi connectivity index (χ4v) is 3.58. The lowest BCUT2D eigenvalue weighted by molar-refractivity contribution is -0.143. The molecular formula is C20H30BrN3O6S. The number of carbonyl (C=O) groups is 4. The minimum Gasteiger partial charge on any atom is -0.467 e. The predicted octanol–water partition coefficient (Wildman–Crippen LogP) is 3.36. The smallest absolute Gasteiger partial charge is 0.407 e. The second-order valence-electron chi connectivity index (χ2n) is 7.78. The van der Waals surface area contributed by atoms with Crippen molar-refractivity contribution in [1.29, 1.82) is 0 Å². The fourth-order valence-electron chi connectivity index (χ4n) is 2.53. The Morgan fingerprint density at radius 2 is 1.87 bits per heavy atom. The number of thiophene rings is 1. The van der Waals surface area contributed by atoms with Gasteiger partial charge in [0.2, 0.25) is 5.91 Å². The first-order chi connectivity index (χ1) is 14.5. The van der Waals surface area contributed by atoms with E-state index in [-0.39, 0.29) is 11.2 Å². The second-order valence-corrected chi connectivity index (χ2v) is 9.22. The Labute approximate surface area is 194 Å². The third kappa shape index (κ3) is 9.69. The Morgan fingerprint density at radius 1 is 1.19 bits per heavy atom. The van der Waals surface area contributed by atoms with Crippen LogP contribution in [0.4, 0.5) is 10.5 Å². The summed E-state index contributed by atoms with van der Waals surface area (Å²) in [5.74, 6) is -1.31. The summed E-state index contributed by atoms with van der Waals surface area (Å²) in [6.45, 7) is 7.50. The molecule has 31 heavy (non-hydrogen) atoms. The van der Waals surface area contributed by atoms with Gasteiger partial charge in [-0.25, -0.2) is 9.59 Å². The van der Waals surface area contributed by atoms with Crippen molar-refractivity contribution in [3.8, 4) is 0 Å². The summed E-state index contributed by atoms with van der Waals surface area (Å²) in [7, 11) is 1.25. The zero-order valence-electron chi connectivity index (χ0n) is 18.4. The highest BCUT2D eigenvalue weighted by Crippen LogP contribution is 2.28. The van der Waals surface area contributed by atoms with Crippen molar-refractivity contribution in [2.75, 3.05) is 24.3 Å². The van der Waals surface area contributed by atoms with Gasteiger partial charge in [-0.3, -0.25) is 9.59 Å². The molecule has 0 bridgehead atoms. The molecule has 1 atom stereocenters. The first-order valence-electron chi connectivity index (χ1n) is 9.78. The average molecular weight is 520 g/mol. The standard InChI is InChI=1S/C20H30BrN3O6S/c1-12-11-31-16(15(12)24-14(25)10-21)17(26)23-13(18(27)29-5)8-6-7-9-22-19(28)30-20(2,3)4/h11,13H,6-10H2,1-5H3,(H,22,28)(H,23,26)(H,24,25)/t13-/m1/s1. The Bertz CT molecular complexity index is 790. The van der Waals surface area contributed by atoms with Crippen molar-refractivity contribution in [1.82, 2.24) is 10.6 Å². The van der Waals surface area contributed by atoms with Gasteiger partial charge in [-0.05, 0) is 57.9 Å². The zero-order chi connectivity index (χ0) is 23.6. The third-order valence-electron chi connectivity index (χ3n) is 3.95. The molecular weight excluding hydrogens is 490 g/mol. The van der Waals surface area contributed by atoms with Gasteiger partial charge in [-0.1, -0.05) is 15.9 Å². The molecule has 174 valence electrons. The number of carbonyl (C=O) groups excluding carboxylic acids is 4. The van der Waals surface area contributed by atoms with Crippen molar-refractivity contribution in [2.24, 2.45) is 0 Å². The fraction of sp³-hybridized carbons (Fsp3) is 0.600. The van der Waals surface area contributed by atoms with E-state index in [1.54, 1.807) is 33.1 Å². The summed E-state index contributed by atoms with van der Waals surface area (Å²) in [5.41, 5.74) is 0.613. The number of amides is 3. The lowest BCUT2D eigenvalue weighted by Crippen LogP contribution is -2.41. The number of nitrogens with one attached hydrogen (secondary N) is 3. The van der Waals surface area contributed by atoms with Crippen LogP contribution < -0.4 is 16.0 Å². The van der Waals surface area contributed by atoms with Crippen molar-refractivity contribution < 1.29 is 28.7 Å². The molecule has 11 heteroatoms. The molecule has 9 nitrogen and oxygen atoms in total. The average Bonchev–Trinajstić information content (AvgIpc) is 3.04. The molecule has 0 saturated heterocycles. The first-order valence-corrected chi connectivity index (χ1v) is 11.8. The minimum absolute atomic E-state index is 0.103. The Kier molecular flexibility index (Phi) is 11.0. The number of unbranched alkanes of at least 4 members (excludes halogenated alkanes) is 1. The Morgan fingerprint density at radius 3 is 2.45 bits per heavy atom. The van der Waals surface area contributed by atoms with Crippen LogP contribution in [0.2, 0.25) is 0 Å². The molecule has 0 aromatic carbocycles. The van der Waals surface area contributed by atoms with E-state index in [0.29, 0.717) is 36.4 Å². The summed E-state index contributed by atoms with van der Waals surface area (Å²) in [6.07, 6.45) is 0.984. The van der Waals surface area contributed by atoms with Gasteiger partial charge in [-0.2, -0.15) is 0 Å². The normalized spacial score (nSPS) is 11.9. The van der Waals surface area contributed by atoms with E-state index in [9.17, 15) is 19.2 Å². The van der Waals surface area contributed by atoms with Gasteiger partial charge in [0.05, 0.1) is 18.1 Å². The lowest BCUT2D eigenvalue weighted by atomic mass is 10.1. The molecule has 0 radical (unpaired) electrons. The molecule has 3 N–H and O–H groups in total. The van der Waals surface area contributed by atoms with E-state index in [1.807, 2.05) is 0 Å².